The molecule has 0 radical (unpaired) electrons. The van der Waals surface area contributed by atoms with E-state index < -0.39 is 0 Å². The monoisotopic (exact) mass is 367 g/mol. The third-order valence-electron chi connectivity index (χ3n) is 4.68. The average molecular weight is 367 g/mol. The number of rotatable bonds is 8. The van der Waals surface area contributed by atoms with Crippen LogP contribution in [0.15, 0.2) is 54.6 Å². The predicted molar refractivity (Wildman–Crippen MR) is 109 cm³/mol. The van der Waals surface area contributed by atoms with Gasteiger partial charge in [-0.25, -0.2) is 4.79 Å². The highest BCUT2D eigenvalue weighted by Gasteiger charge is 2.15. The van der Waals surface area contributed by atoms with Crippen LogP contribution < -0.4 is 16.0 Å². The summed E-state index contributed by atoms with van der Waals surface area (Å²) in [5, 5.41) is 8.43. The minimum atomic E-state index is -0.195. The van der Waals surface area contributed by atoms with Crippen LogP contribution in [0.3, 0.4) is 0 Å². The van der Waals surface area contributed by atoms with Crippen LogP contribution in [-0.2, 0) is 13.0 Å². The lowest BCUT2D eigenvalue weighted by Crippen LogP contribution is -2.39. The first kappa shape index (κ1) is 20.5. The zero-order valence-electron chi connectivity index (χ0n) is 16.3. The fourth-order valence-electron chi connectivity index (χ4n) is 2.90. The SMILES string of the molecule is CNC(=O)c1cccc(CNC(=O)NCC(Cc2ccccc2)C(C)C)c1. The van der Waals surface area contributed by atoms with E-state index >= 15 is 0 Å². The molecule has 3 N–H and O–H groups in total. The van der Waals surface area contributed by atoms with Gasteiger partial charge in [-0.3, -0.25) is 4.79 Å². The molecule has 0 spiro atoms. The van der Waals surface area contributed by atoms with E-state index in [1.54, 1.807) is 19.2 Å². The van der Waals surface area contributed by atoms with Gasteiger partial charge in [0.1, 0.15) is 0 Å². The molecule has 0 aliphatic rings. The Bertz CT molecular complexity index is 744. The van der Waals surface area contributed by atoms with Crippen LogP contribution in [0.25, 0.3) is 0 Å². The molecule has 0 aromatic heterocycles. The standard InChI is InChI=1S/C22H29N3O2/c1-16(2)20(12-17-8-5-4-6-9-17)15-25-22(27)24-14-18-10-7-11-19(13-18)21(26)23-3/h4-11,13,16,20H,12,14-15H2,1-3H3,(H,23,26)(H2,24,25,27). The zero-order valence-corrected chi connectivity index (χ0v) is 16.3. The van der Waals surface area contributed by atoms with Crippen molar-refractivity contribution in [1.29, 1.82) is 0 Å². The van der Waals surface area contributed by atoms with E-state index in [9.17, 15) is 9.59 Å². The second kappa shape index (κ2) is 10.4. The van der Waals surface area contributed by atoms with Gasteiger partial charge in [-0.15, -0.1) is 0 Å². The van der Waals surface area contributed by atoms with Gasteiger partial charge in [-0.1, -0.05) is 56.3 Å². The summed E-state index contributed by atoms with van der Waals surface area (Å²) in [5.74, 6) is 0.700. The molecule has 0 aliphatic heterocycles. The van der Waals surface area contributed by atoms with Gasteiger partial charge in [0.2, 0.25) is 0 Å². The first-order valence-corrected chi connectivity index (χ1v) is 9.36. The average Bonchev–Trinajstić information content (AvgIpc) is 2.69. The summed E-state index contributed by atoms with van der Waals surface area (Å²) in [4.78, 5) is 23.9. The second-order valence-corrected chi connectivity index (χ2v) is 7.04. The van der Waals surface area contributed by atoms with Gasteiger partial charge in [-0.2, -0.15) is 0 Å². The highest BCUT2D eigenvalue weighted by molar-refractivity contribution is 5.94. The zero-order chi connectivity index (χ0) is 19.6. The van der Waals surface area contributed by atoms with E-state index in [1.165, 1.54) is 5.56 Å². The van der Waals surface area contributed by atoms with Crippen LogP contribution in [-0.4, -0.2) is 25.5 Å². The van der Waals surface area contributed by atoms with Gasteiger partial charge < -0.3 is 16.0 Å². The Morgan fingerprint density at radius 2 is 1.63 bits per heavy atom. The van der Waals surface area contributed by atoms with Crippen molar-refractivity contribution >= 4 is 11.9 Å². The molecular weight excluding hydrogens is 338 g/mol. The first-order chi connectivity index (χ1) is 13.0. The van der Waals surface area contributed by atoms with Crippen LogP contribution in [0.1, 0.15) is 35.3 Å². The maximum Gasteiger partial charge on any atom is 0.315 e. The van der Waals surface area contributed by atoms with Gasteiger partial charge >= 0.3 is 6.03 Å². The molecule has 2 rings (SSSR count). The summed E-state index contributed by atoms with van der Waals surface area (Å²) in [6, 6.07) is 17.4. The Labute approximate surface area is 161 Å². The van der Waals surface area contributed by atoms with Crippen LogP contribution >= 0.6 is 0 Å². The van der Waals surface area contributed by atoms with Gasteiger partial charge in [0.25, 0.3) is 5.91 Å². The van der Waals surface area contributed by atoms with Crippen LogP contribution in [0.2, 0.25) is 0 Å². The Hall–Kier alpha value is -2.82. The fraction of sp³-hybridized carbons (Fsp3) is 0.364. The Morgan fingerprint density at radius 1 is 0.926 bits per heavy atom. The third-order valence-corrected chi connectivity index (χ3v) is 4.68. The Balaban J connectivity index is 1.83. The number of benzene rings is 2. The minimum Gasteiger partial charge on any atom is -0.355 e. The number of carbonyl (C=O) groups excluding carboxylic acids is 2. The normalized spacial score (nSPS) is 11.7. The third kappa shape index (κ3) is 6.77. The molecule has 2 aromatic carbocycles. The molecule has 144 valence electrons. The summed E-state index contributed by atoms with van der Waals surface area (Å²) >= 11 is 0. The van der Waals surface area contributed by atoms with E-state index in [0.29, 0.717) is 30.5 Å². The van der Waals surface area contributed by atoms with E-state index in [2.05, 4.69) is 41.9 Å². The molecule has 2 aromatic rings. The van der Waals surface area contributed by atoms with E-state index in [1.807, 2.05) is 30.3 Å². The highest BCUT2D eigenvalue weighted by Crippen LogP contribution is 2.16. The summed E-state index contributed by atoms with van der Waals surface area (Å²) < 4.78 is 0. The first-order valence-electron chi connectivity index (χ1n) is 9.36. The molecule has 0 fully saturated rings. The molecule has 1 unspecified atom stereocenters. The lowest BCUT2D eigenvalue weighted by molar-refractivity contribution is 0.0963. The topological polar surface area (TPSA) is 70.2 Å². The number of amides is 3. The molecule has 0 saturated heterocycles. The maximum absolute atomic E-state index is 12.2. The molecule has 5 heteroatoms. The minimum absolute atomic E-state index is 0.137. The van der Waals surface area contributed by atoms with Crippen molar-refractivity contribution in [3.05, 3.63) is 71.3 Å². The van der Waals surface area contributed by atoms with Gasteiger partial charge in [0.15, 0.2) is 0 Å². The van der Waals surface area contributed by atoms with E-state index in [-0.39, 0.29) is 11.9 Å². The molecule has 1 atom stereocenters. The van der Waals surface area contributed by atoms with Crippen molar-refractivity contribution in [3.63, 3.8) is 0 Å². The van der Waals surface area contributed by atoms with Gasteiger partial charge in [0.05, 0.1) is 0 Å². The lowest BCUT2D eigenvalue weighted by Gasteiger charge is -2.21. The number of hydrogen-bond acceptors (Lipinski definition) is 2. The molecule has 0 bridgehead atoms. The van der Waals surface area contributed by atoms with E-state index in [0.717, 1.165) is 12.0 Å². The molecule has 0 saturated carbocycles. The molecule has 0 aliphatic carbocycles. The smallest absolute Gasteiger partial charge is 0.315 e. The summed E-state index contributed by atoms with van der Waals surface area (Å²) in [7, 11) is 1.60. The Morgan fingerprint density at radius 3 is 2.30 bits per heavy atom. The van der Waals surface area contributed by atoms with E-state index in [4.69, 9.17) is 0 Å². The lowest BCUT2D eigenvalue weighted by atomic mass is 9.89. The summed E-state index contributed by atoms with van der Waals surface area (Å²) in [5.41, 5.74) is 2.75. The largest absolute Gasteiger partial charge is 0.355 e. The molecule has 27 heavy (non-hydrogen) atoms. The number of hydrogen-bond donors (Lipinski definition) is 3. The quantitative estimate of drug-likeness (QED) is 0.669. The van der Waals surface area contributed by atoms with Crippen molar-refractivity contribution in [3.8, 4) is 0 Å². The molecule has 5 nitrogen and oxygen atoms in total. The summed E-state index contributed by atoms with van der Waals surface area (Å²) in [6.07, 6.45) is 0.937. The van der Waals surface area contributed by atoms with Crippen molar-refractivity contribution < 1.29 is 9.59 Å². The van der Waals surface area contributed by atoms with Crippen molar-refractivity contribution in [2.24, 2.45) is 11.8 Å². The summed E-state index contributed by atoms with van der Waals surface area (Å²) in [6.45, 7) is 5.35. The fourth-order valence-corrected chi connectivity index (χ4v) is 2.90. The number of urea groups is 1. The maximum atomic E-state index is 12.2. The number of carbonyl (C=O) groups is 2. The Kier molecular flexibility index (Phi) is 7.86. The van der Waals surface area contributed by atoms with Crippen molar-refractivity contribution in [1.82, 2.24) is 16.0 Å². The van der Waals surface area contributed by atoms with Crippen LogP contribution in [0, 0.1) is 11.8 Å². The molecule has 0 heterocycles. The second-order valence-electron chi connectivity index (χ2n) is 7.04. The van der Waals surface area contributed by atoms with Crippen LogP contribution in [0.4, 0.5) is 4.79 Å². The van der Waals surface area contributed by atoms with Crippen LogP contribution in [0.5, 0.6) is 0 Å². The number of nitrogens with one attached hydrogen (secondary N) is 3. The van der Waals surface area contributed by atoms with Crippen molar-refractivity contribution in [2.75, 3.05) is 13.6 Å². The van der Waals surface area contributed by atoms with Gasteiger partial charge in [0, 0.05) is 25.7 Å². The molecular formula is C22H29N3O2. The predicted octanol–water partition coefficient (Wildman–Crippen LogP) is 3.36. The van der Waals surface area contributed by atoms with Gasteiger partial charge in [-0.05, 0) is 41.5 Å². The van der Waals surface area contributed by atoms with Crippen molar-refractivity contribution in [2.45, 2.75) is 26.8 Å². The highest BCUT2D eigenvalue weighted by atomic mass is 16.2. The molecule has 3 amide bonds.